The van der Waals surface area contributed by atoms with Crippen LogP contribution in [0.15, 0.2) is 42.5 Å². The molecule has 2 rings (SSSR count). The number of hydrogen-bond donors (Lipinski definition) is 0. The molecule has 0 fully saturated rings. The lowest BCUT2D eigenvalue weighted by atomic mass is 10.1. The van der Waals surface area contributed by atoms with Gasteiger partial charge in [-0.3, -0.25) is 4.79 Å². The molecule has 0 unspecified atom stereocenters. The van der Waals surface area contributed by atoms with Gasteiger partial charge in [0.2, 0.25) is 5.75 Å². The molecule has 0 bridgehead atoms. The SMILES string of the molecule is CCCOc1ccc(C(=O)/C=C/c2cc(OC)c(OCC)c(OC)c2)cc1. The third kappa shape index (κ3) is 5.51. The fourth-order valence-corrected chi connectivity index (χ4v) is 2.49. The summed E-state index contributed by atoms with van der Waals surface area (Å²) in [6, 6.07) is 10.7. The molecule has 0 atom stereocenters. The first-order valence-electron chi connectivity index (χ1n) is 8.97. The fourth-order valence-electron chi connectivity index (χ4n) is 2.49. The summed E-state index contributed by atoms with van der Waals surface area (Å²) in [5, 5.41) is 0. The maximum Gasteiger partial charge on any atom is 0.203 e. The van der Waals surface area contributed by atoms with Crippen LogP contribution < -0.4 is 18.9 Å². The predicted molar refractivity (Wildman–Crippen MR) is 106 cm³/mol. The van der Waals surface area contributed by atoms with Crippen LogP contribution in [0.2, 0.25) is 0 Å². The normalized spacial score (nSPS) is 10.7. The highest BCUT2D eigenvalue weighted by Crippen LogP contribution is 2.38. The fraction of sp³-hybridized carbons (Fsp3) is 0.318. The number of hydrogen-bond acceptors (Lipinski definition) is 5. The first-order chi connectivity index (χ1) is 13.1. The molecule has 0 saturated heterocycles. The average Bonchev–Trinajstić information content (AvgIpc) is 2.71. The van der Waals surface area contributed by atoms with Crippen LogP contribution in [-0.4, -0.2) is 33.2 Å². The first kappa shape index (κ1) is 20.4. The van der Waals surface area contributed by atoms with Gasteiger partial charge >= 0.3 is 0 Å². The van der Waals surface area contributed by atoms with Crippen LogP contribution in [-0.2, 0) is 0 Å². The molecule has 0 N–H and O–H groups in total. The van der Waals surface area contributed by atoms with E-state index in [-0.39, 0.29) is 5.78 Å². The highest BCUT2D eigenvalue weighted by molar-refractivity contribution is 6.06. The van der Waals surface area contributed by atoms with E-state index in [1.807, 2.05) is 13.8 Å². The second-order valence-corrected chi connectivity index (χ2v) is 5.76. The Morgan fingerprint density at radius 1 is 0.963 bits per heavy atom. The molecule has 0 aliphatic heterocycles. The standard InChI is InChI=1S/C22H26O5/c1-5-13-27-18-10-8-17(9-11-18)19(23)12-7-16-14-20(24-3)22(26-6-2)21(15-16)25-4/h7-12,14-15H,5-6,13H2,1-4H3/b12-7+. The largest absolute Gasteiger partial charge is 0.494 e. The molecule has 27 heavy (non-hydrogen) atoms. The Labute approximate surface area is 160 Å². The smallest absolute Gasteiger partial charge is 0.203 e. The van der Waals surface area contributed by atoms with Crippen LogP contribution in [0, 0.1) is 0 Å². The summed E-state index contributed by atoms with van der Waals surface area (Å²) in [7, 11) is 3.14. The van der Waals surface area contributed by atoms with Crippen LogP contribution in [0.25, 0.3) is 6.08 Å². The number of carbonyl (C=O) groups is 1. The molecule has 2 aromatic rings. The van der Waals surface area contributed by atoms with Crippen LogP contribution >= 0.6 is 0 Å². The summed E-state index contributed by atoms with van der Waals surface area (Å²) in [5.74, 6) is 2.33. The van der Waals surface area contributed by atoms with E-state index in [0.717, 1.165) is 17.7 Å². The number of carbonyl (C=O) groups excluding carboxylic acids is 1. The lowest BCUT2D eigenvalue weighted by molar-refractivity contribution is 0.104. The van der Waals surface area contributed by atoms with Crippen LogP contribution in [0.1, 0.15) is 36.2 Å². The van der Waals surface area contributed by atoms with Crippen molar-refractivity contribution < 1.29 is 23.7 Å². The number of ketones is 1. The van der Waals surface area contributed by atoms with E-state index in [4.69, 9.17) is 18.9 Å². The zero-order chi connectivity index (χ0) is 19.6. The Morgan fingerprint density at radius 3 is 2.11 bits per heavy atom. The molecule has 0 spiro atoms. The molecule has 0 aliphatic carbocycles. The lowest BCUT2D eigenvalue weighted by Crippen LogP contribution is -1.99. The quantitative estimate of drug-likeness (QED) is 0.445. The van der Waals surface area contributed by atoms with Crippen molar-refractivity contribution in [1.29, 1.82) is 0 Å². The van der Waals surface area contributed by atoms with E-state index in [1.165, 1.54) is 6.08 Å². The summed E-state index contributed by atoms with van der Waals surface area (Å²) in [6.07, 6.45) is 4.19. The maximum atomic E-state index is 12.4. The Kier molecular flexibility index (Phi) is 7.74. The zero-order valence-electron chi connectivity index (χ0n) is 16.3. The van der Waals surface area contributed by atoms with Crippen molar-refractivity contribution in [3.8, 4) is 23.0 Å². The van der Waals surface area contributed by atoms with Gasteiger partial charge in [0.15, 0.2) is 17.3 Å². The number of methoxy groups -OCH3 is 2. The highest BCUT2D eigenvalue weighted by atomic mass is 16.5. The Morgan fingerprint density at radius 2 is 1.59 bits per heavy atom. The molecule has 5 nitrogen and oxygen atoms in total. The Hall–Kier alpha value is -2.95. The lowest BCUT2D eigenvalue weighted by Gasteiger charge is -2.14. The second kappa shape index (κ2) is 10.3. The van der Waals surface area contributed by atoms with Crippen molar-refractivity contribution in [2.75, 3.05) is 27.4 Å². The van der Waals surface area contributed by atoms with Crippen LogP contribution in [0.4, 0.5) is 0 Å². The number of ether oxygens (including phenoxy) is 4. The van der Waals surface area contributed by atoms with Gasteiger partial charge in [-0.25, -0.2) is 0 Å². The molecule has 0 aliphatic rings. The first-order valence-corrected chi connectivity index (χ1v) is 8.97. The van der Waals surface area contributed by atoms with E-state index >= 15 is 0 Å². The van der Waals surface area contributed by atoms with Crippen LogP contribution in [0.3, 0.4) is 0 Å². The van der Waals surface area contributed by atoms with Crippen LogP contribution in [0.5, 0.6) is 23.0 Å². The minimum atomic E-state index is -0.0936. The van der Waals surface area contributed by atoms with Gasteiger partial charge in [-0.15, -0.1) is 0 Å². The van der Waals surface area contributed by atoms with Gasteiger partial charge in [0.25, 0.3) is 0 Å². The van der Waals surface area contributed by atoms with E-state index in [9.17, 15) is 4.79 Å². The summed E-state index contributed by atoms with van der Waals surface area (Å²) < 4.78 is 21.9. The molecule has 0 amide bonds. The average molecular weight is 370 g/mol. The van der Waals surface area contributed by atoms with Crippen molar-refractivity contribution in [2.45, 2.75) is 20.3 Å². The number of allylic oxidation sites excluding steroid dienone is 1. The second-order valence-electron chi connectivity index (χ2n) is 5.76. The van der Waals surface area contributed by atoms with Gasteiger partial charge in [-0.05, 0) is 61.4 Å². The molecule has 144 valence electrons. The molecule has 0 saturated carbocycles. The number of benzene rings is 2. The van der Waals surface area contributed by atoms with E-state index in [2.05, 4.69) is 0 Å². The molecule has 5 heteroatoms. The summed E-state index contributed by atoms with van der Waals surface area (Å²) in [5.41, 5.74) is 1.38. The van der Waals surface area contributed by atoms with Crippen molar-refractivity contribution in [3.05, 3.63) is 53.6 Å². The Bertz CT molecular complexity index is 753. The van der Waals surface area contributed by atoms with Gasteiger partial charge in [0.05, 0.1) is 27.4 Å². The summed E-state index contributed by atoms with van der Waals surface area (Å²) in [6.45, 7) is 5.10. The van der Waals surface area contributed by atoms with Gasteiger partial charge in [0, 0.05) is 5.56 Å². The topological polar surface area (TPSA) is 54.0 Å². The summed E-state index contributed by atoms with van der Waals surface area (Å²) in [4.78, 5) is 12.4. The summed E-state index contributed by atoms with van der Waals surface area (Å²) >= 11 is 0. The van der Waals surface area contributed by atoms with Crippen molar-refractivity contribution in [1.82, 2.24) is 0 Å². The van der Waals surface area contributed by atoms with Gasteiger partial charge in [-0.2, -0.15) is 0 Å². The van der Waals surface area contributed by atoms with Gasteiger partial charge in [-0.1, -0.05) is 13.0 Å². The van der Waals surface area contributed by atoms with Crippen molar-refractivity contribution in [2.24, 2.45) is 0 Å². The third-order valence-corrected chi connectivity index (χ3v) is 3.81. The monoisotopic (exact) mass is 370 g/mol. The maximum absolute atomic E-state index is 12.4. The molecule has 0 heterocycles. The Balaban J connectivity index is 2.17. The van der Waals surface area contributed by atoms with E-state index in [0.29, 0.717) is 36.0 Å². The van der Waals surface area contributed by atoms with E-state index in [1.54, 1.807) is 56.7 Å². The van der Waals surface area contributed by atoms with Gasteiger partial charge in [0.1, 0.15) is 5.75 Å². The van der Waals surface area contributed by atoms with Crippen molar-refractivity contribution >= 4 is 11.9 Å². The third-order valence-electron chi connectivity index (χ3n) is 3.81. The molecule has 0 aromatic heterocycles. The van der Waals surface area contributed by atoms with Crippen molar-refractivity contribution in [3.63, 3.8) is 0 Å². The molecule has 0 radical (unpaired) electrons. The predicted octanol–water partition coefficient (Wildman–Crippen LogP) is 4.79. The zero-order valence-corrected chi connectivity index (χ0v) is 16.3. The molecule has 2 aromatic carbocycles. The minimum Gasteiger partial charge on any atom is -0.494 e. The highest BCUT2D eigenvalue weighted by Gasteiger charge is 2.13. The number of rotatable bonds is 10. The molecular weight excluding hydrogens is 344 g/mol. The molecular formula is C22H26O5. The minimum absolute atomic E-state index is 0.0936. The van der Waals surface area contributed by atoms with Gasteiger partial charge < -0.3 is 18.9 Å². The van der Waals surface area contributed by atoms with E-state index < -0.39 is 0 Å².